The molecule has 21 heavy (non-hydrogen) atoms. The summed E-state index contributed by atoms with van der Waals surface area (Å²) in [5.74, 6) is 0. The first-order chi connectivity index (χ1) is 9.78. The van der Waals surface area contributed by atoms with Crippen molar-refractivity contribution in [2.75, 3.05) is 19.6 Å². The monoisotopic (exact) mass is 298 g/mol. The number of nitrogens with zero attached hydrogens (tertiary/aromatic N) is 2. The van der Waals surface area contributed by atoms with Gasteiger partial charge in [0.1, 0.15) is 5.60 Å². The van der Waals surface area contributed by atoms with E-state index in [-0.39, 0.29) is 6.54 Å². The number of aromatic nitrogens is 2. The number of ether oxygens (including phenoxy) is 1. The molecule has 0 aliphatic carbocycles. The second kappa shape index (κ2) is 7.99. The van der Waals surface area contributed by atoms with Crippen LogP contribution in [0.25, 0.3) is 0 Å². The molecule has 7 nitrogen and oxygen atoms in total. The molecule has 0 aliphatic heterocycles. The second-order valence-electron chi connectivity index (χ2n) is 6.03. The molecule has 0 radical (unpaired) electrons. The van der Waals surface area contributed by atoms with Gasteiger partial charge in [-0.25, -0.2) is 4.79 Å². The summed E-state index contributed by atoms with van der Waals surface area (Å²) in [6.07, 6.45) is 0.689. The molecule has 1 aromatic heterocycles. The van der Waals surface area contributed by atoms with Gasteiger partial charge in [-0.3, -0.25) is 5.10 Å². The number of H-pyrrole nitrogens is 1. The predicted molar refractivity (Wildman–Crippen MR) is 79.8 cm³/mol. The Balaban J connectivity index is 2.40. The highest BCUT2D eigenvalue weighted by Crippen LogP contribution is 2.10. The molecule has 1 heterocycles. The fraction of sp³-hybridized carbons (Fsp3) is 0.714. The first-order valence-corrected chi connectivity index (χ1v) is 7.13. The molecular weight excluding hydrogens is 272 g/mol. The first-order valence-electron chi connectivity index (χ1n) is 7.13. The van der Waals surface area contributed by atoms with Crippen molar-refractivity contribution in [3.05, 3.63) is 18.0 Å². The molecule has 7 heteroatoms. The van der Waals surface area contributed by atoms with Crippen molar-refractivity contribution in [2.24, 2.45) is 0 Å². The van der Waals surface area contributed by atoms with E-state index < -0.39 is 17.8 Å². The highest BCUT2D eigenvalue weighted by Gasteiger charge is 2.22. The number of amides is 1. The summed E-state index contributed by atoms with van der Waals surface area (Å²) in [5, 5.41) is 19.4. The van der Waals surface area contributed by atoms with Crippen molar-refractivity contribution in [3.63, 3.8) is 0 Å². The maximum absolute atomic E-state index is 12.1. The molecule has 0 saturated heterocycles. The van der Waals surface area contributed by atoms with Gasteiger partial charge in [0.15, 0.2) is 0 Å². The lowest BCUT2D eigenvalue weighted by molar-refractivity contribution is 0.0164. The minimum Gasteiger partial charge on any atom is -0.444 e. The fourth-order valence-electron chi connectivity index (χ4n) is 1.72. The van der Waals surface area contributed by atoms with E-state index in [0.29, 0.717) is 19.6 Å². The van der Waals surface area contributed by atoms with Crippen LogP contribution in [0.15, 0.2) is 12.3 Å². The lowest BCUT2D eigenvalue weighted by atomic mass is 10.2. The number of rotatable bonds is 7. The van der Waals surface area contributed by atoms with Crippen LogP contribution < -0.4 is 5.32 Å². The van der Waals surface area contributed by atoms with Crippen LogP contribution in [0.5, 0.6) is 0 Å². The predicted octanol–water partition coefficient (Wildman–Crippen LogP) is 1.12. The van der Waals surface area contributed by atoms with Gasteiger partial charge < -0.3 is 20.1 Å². The van der Waals surface area contributed by atoms with Gasteiger partial charge in [0.05, 0.1) is 6.10 Å². The van der Waals surface area contributed by atoms with E-state index in [1.165, 1.54) is 4.90 Å². The van der Waals surface area contributed by atoms with E-state index in [9.17, 15) is 9.90 Å². The van der Waals surface area contributed by atoms with E-state index >= 15 is 0 Å². The molecule has 0 spiro atoms. The quantitative estimate of drug-likeness (QED) is 0.656. The van der Waals surface area contributed by atoms with E-state index in [0.717, 1.165) is 5.69 Å². The molecular formula is C14H26N4O3. The third-order valence-electron chi connectivity index (χ3n) is 2.57. The largest absolute Gasteiger partial charge is 0.444 e. The minimum atomic E-state index is -0.592. The molecule has 0 saturated carbocycles. The SMILES string of the molecule is CC(O)CN(CCNCc1ccn[nH]1)C(=O)OC(C)(C)C. The number of aliphatic hydroxyl groups excluding tert-OH is 1. The van der Waals surface area contributed by atoms with Crippen LogP contribution in [-0.4, -0.2) is 57.6 Å². The Labute approximate surface area is 125 Å². The Kier molecular flexibility index (Phi) is 6.64. The summed E-state index contributed by atoms with van der Waals surface area (Å²) in [6, 6.07) is 1.88. The highest BCUT2D eigenvalue weighted by atomic mass is 16.6. The zero-order chi connectivity index (χ0) is 15.9. The standard InChI is InChI=1S/C14H26N4O3/c1-11(19)10-18(13(20)21-14(2,3)4)8-7-15-9-12-5-6-16-17-12/h5-6,11,15,19H,7-10H2,1-4H3,(H,16,17). The molecule has 0 fully saturated rings. The zero-order valence-corrected chi connectivity index (χ0v) is 13.2. The average molecular weight is 298 g/mol. The van der Waals surface area contributed by atoms with Gasteiger partial charge in [-0.15, -0.1) is 0 Å². The Bertz CT molecular complexity index is 412. The molecule has 0 aromatic carbocycles. The van der Waals surface area contributed by atoms with Crippen molar-refractivity contribution < 1.29 is 14.6 Å². The number of carbonyl (C=O) groups is 1. The summed E-state index contributed by atoms with van der Waals surface area (Å²) in [4.78, 5) is 13.6. The third kappa shape index (κ3) is 7.67. The second-order valence-corrected chi connectivity index (χ2v) is 6.03. The summed E-state index contributed by atoms with van der Waals surface area (Å²) < 4.78 is 5.34. The van der Waals surface area contributed by atoms with Gasteiger partial charge in [-0.2, -0.15) is 5.10 Å². The smallest absolute Gasteiger partial charge is 0.410 e. The van der Waals surface area contributed by atoms with Crippen LogP contribution in [0.2, 0.25) is 0 Å². The summed E-state index contributed by atoms with van der Waals surface area (Å²) in [6.45, 7) is 9.08. The van der Waals surface area contributed by atoms with Crippen molar-refractivity contribution in [3.8, 4) is 0 Å². The number of hydrogen-bond donors (Lipinski definition) is 3. The van der Waals surface area contributed by atoms with Crippen molar-refractivity contribution >= 4 is 6.09 Å². The highest BCUT2D eigenvalue weighted by molar-refractivity contribution is 5.68. The van der Waals surface area contributed by atoms with Gasteiger partial charge in [-0.05, 0) is 33.8 Å². The molecule has 1 atom stereocenters. The minimum absolute atomic E-state index is 0.251. The molecule has 0 aliphatic rings. The van der Waals surface area contributed by atoms with Gasteiger partial charge in [0.2, 0.25) is 0 Å². The van der Waals surface area contributed by atoms with E-state index in [1.54, 1.807) is 13.1 Å². The number of aromatic amines is 1. The molecule has 1 unspecified atom stereocenters. The number of carbonyl (C=O) groups excluding carboxylic acids is 1. The Morgan fingerprint density at radius 1 is 1.57 bits per heavy atom. The number of aliphatic hydroxyl groups is 1. The molecule has 1 amide bonds. The average Bonchev–Trinajstić information content (AvgIpc) is 2.83. The van der Waals surface area contributed by atoms with Crippen molar-refractivity contribution in [1.29, 1.82) is 0 Å². The van der Waals surface area contributed by atoms with Gasteiger partial charge in [-0.1, -0.05) is 0 Å². The molecule has 3 N–H and O–H groups in total. The maximum Gasteiger partial charge on any atom is 0.410 e. The van der Waals surface area contributed by atoms with Crippen LogP contribution >= 0.6 is 0 Å². The third-order valence-corrected chi connectivity index (χ3v) is 2.57. The lowest BCUT2D eigenvalue weighted by Gasteiger charge is -2.28. The van der Waals surface area contributed by atoms with Crippen LogP contribution in [0.3, 0.4) is 0 Å². The molecule has 1 aromatic rings. The Hall–Kier alpha value is -1.60. The van der Waals surface area contributed by atoms with Gasteiger partial charge in [0, 0.05) is 38.1 Å². The Morgan fingerprint density at radius 3 is 2.81 bits per heavy atom. The van der Waals surface area contributed by atoms with Gasteiger partial charge >= 0.3 is 6.09 Å². The summed E-state index contributed by atoms with van der Waals surface area (Å²) >= 11 is 0. The van der Waals surface area contributed by atoms with E-state index in [1.807, 2.05) is 26.8 Å². The van der Waals surface area contributed by atoms with Crippen molar-refractivity contribution in [1.82, 2.24) is 20.4 Å². The summed E-state index contributed by atoms with van der Waals surface area (Å²) in [5.41, 5.74) is 0.437. The fourth-order valence-corrected chi connectivity index (χ4v) is 1.72. The number of nitrogens with one attached hydrogen (secondary N) is 2. The molecule has 1 rings (SSSR count). The van der Waals surface area contributed by atoms with E-state index in [2.05, 4.69) is 15.5 Å². The summed E-state index contributed by atoms with van der Waals surface area (Å²) in [7, 11) is 0. The van der Waals surface area contributed by atoms with Crippen LogP contribution in [0.4, 0.5) is 4.79 Å². The molecule has 120 valence electrons. The Morgan fingerprint density at radius 2 is 2.29 bits per heavy atom. The maximum atomic E-state index is 12.1. The van der Waals surface area contributed by atoms with E-state index in [4.69, 9.17) is 4.74 Å². The van der Waals surface area contributed by atoms with Crippen LogP contribution in [-0.2, 0) is 11.3 Å². The molecule has 0 bridgehead atoms. The topological polar surface area (TPSA) is 90.5 Å². The van der Waals surface area contributed by atoms with Crippen LogP contribution in [0, 0.1) is 0 Å². The lowest BCUT2D eigenvalue weighted by Crippen LogP contribution is -2.43. The van der Waals surface area contributed by atoms with Crippen LogP contribution in [0.1, 0.15) is 33.4 Å². The van der Waals surface area contributed by atoms with Gasteiger partial charge in [0.25, 0.3) is 0 Å². The zero-order valence-electron chi connectivity index (χ0n) is 13.2. The van der Waals surface area contributed by atoms with Crippen molar-refractivity contribution in [2.45, 2.75) is 45.9 Å². The normalized spacial score (nSPS) is 13.0. The number of hydrogen-bond acceptors (Lipinski definition) is 5. The first kappa shape index (κ1) is 17.5.